The fourth-order valence-corrected chi connectivity index (χ4v) is 19.8. The highest BCUT2D eigenvalue weighted by Crippen LogP contribution is 2.66. The lowest BCUT2D eigenvalue weighted by Crippen LogP contribution is -2.35. The third-order valence-electron chi connectivity index (χ3n) is 26.7. The normalized spacial score (nSPS) is 16.4. The van der Waals surface area contributed by atoms with Crippen molar-refractivity contribution in [3.05, 3.63) is 163 Å². The number of fused-ring (bicyclic) bond motifs is 16. The van der Waals surface area contributed by atoms with Gasteiger partial charge in [0.15, 0.2) is 23.0 Å². The number of hydrogen-bond donors (Lipinski definition) is 0. The highest BCUT2D eigenvalue weighted by Gasteiger charge is 2.55. The maximum absolute atomic E-state index is 6.82. The molecule has 12 heteroatoms. The minimum Gasteiger partial charge on any atom is -0.489 e. The van der Waals surface area contributed by atoms with Crippen LogP contribution in [0.1, 0.15) is 333 Å². The number of hydrogen-bond acceptors (Lipinski definition) is 8. The van der Waals surface area contributed by atoms with Crippen LogP contribution in [0.25, 0.3) is 44.5 Å². The van der Waals surface area contributed by atoms with Gasteiger partial charge < -0.3 is 37.6 Å². The van der Waals surface area contributed by atoms with Crippen molar-refractivity contribution < 1.29 is 37.6 Å². The lowest BCUT2D eigenvalue weighted by molar-refractivity contribution is 0.217. The van der Waals surface area contributed by atoms with Crippen LogP contribution in [-0.4, -0.2) is 67.1 Å². The molecule has 0 N–H and O–H groups in total. The molecule has 0 bridgehead atoms. The molecule has 1 spiro atoms. The first-order chi connectivity index (χ1) is 55.1. The number of halogens is 2. The fraction of sp³-hybridized carbons (Fsp3) is 0.584. The number of ether oxygens (including phenoxy) is 4. The fourth-order valence-electron chi connectivity index (χ4n) is 19.1. The quantitative estimate of drug-likeness (QED) is 0.0276. The van der Waals surface area contributed by atoms with E-state index >= 15 is 0 Å². The van der Waals surface area contributed by atoms with Gasteiger partial charge in [0.25, 0.3) is 0 Å². The molecule has 0 aromatic heterocycles. The zero-order valence-corrected chi connectivity index (χ0v) is 74.8. The summed E-state index contributed by atoms with van der Waals surface area (Å²) in [6, 6.07) is 42.7. The predicted octanol–water partition coefficient (Wildman–Crippen LogP) is 28.0. The Morgan fingerprint density at radius 3 is 0.858 bits per heavy atom. The summed E-state index contributed by atoms with van der Waals surface area (Å²) in [4.78, 5) is 0. The molecule has 4 unspecified atom stereocenters. The van der Waals surface area contributed by atoms with Gasteiger partial charge in [-0.15, -0.1) is 0 Å². The minimum absolute atomic E-state index is 0.0956. The summed E-state index contributed by atoms with van der Waals surface area (Å²) in [6.45, 7) is 31.8. The van der Waals surface area contributed by atoms with Crippen molar-refractivity contribution in [1.82, 2.24) is 0 Å². The molecule has 6 aliphatic rings. The van der Waals surface area contributed by atoms with Gasteiger partial charge in [0.2, 0.25) is 0 Å². The molecular formula is C101H138B2Br2O8. The van der Waals surface area contributed by atoms with Crippen LogP contribution < -0.4 is 29.9 Å². The first kappa shape index (κ1) is 87.0. The largest absolute Gasteiger partial charge is 0.494 e. The lowest BCUT2D eigenvalue weighted by atomic mass is 9.67. The molecule has 0 radical (unpaired) electrons. The molecule has 0 saturated carbocycles. The summed E-state index contributed by atoms with van der Waals surface area (Å²) in [7, 11) is -0.873. The molecule has 4 atom stereocenters. The molecule has 13 rings (SSSR count). The van der Waals surface area contributed by atoms with Gasteiger partial charge in [0.1, 0.15) is 0 Å². The smallest absolute Gasteiger partial charge is 0.489 e. The van der Waals surface area contributed by atoms with Crippen LogP contribution in [0.15, 0.2) is 118 Å². The molecule has 8 nitrogen and oxygen atoms in total. The van der Waals surface area contributed by atoms with Crippen molar-refractivity contribution in [3.63, 3.8) is 0 Å². The lowest BCUT2D eigenvalue weighted by Gasteiger charge is -2.35. The van der Waals surface area contributed by atoms with Crippen molar-refractivity contribution in [2.45, 2.75) is 305 Å². The van der Waals surface area contributed by atoms with Gasteiger partial charge in [-0.3, -0.25) is 0 Å². The standard InChI is InChI=1S/C52H76Br2.C49H62B2O8/c1-5-9-13-17-21-25-33-51(34-26-22-18-14-10-6-2)47-37-41(53)29-31-43(47)45-40-50-46(39-49(45)51)44-32-30-42(54)38-48(44)52(50,35-27-23-19-15-11-7-3)36-28-24-20-16-12-8-4;1-9-31(5)27-52-45-23-39-40-24-46(53-28-32(6)10-2)48(55-30-34(8)12-4)26-44(40)49(43(39)25-47(45)54-29-33(7)11-3)41-21-35(50-56-17-18-57-50)13-15-37(41)38-16-14-36(22-42(38)49)51-58-19-20-59-51/h29-32,37-40H,5-28,33-36H2,1-4H3;13-16,21-26,31-34H,9-12,17-20,27-30H2,1-8H3. The summed E-state index contributed by atoms with van der Waals surface area (Å²) in [5.41, 5.74) is 23.2. The Balaban J connectivity index is 0.000000210. The van der Waals surface area contributed by atoms with Gasteiger partial charge in [-0.1, -0.05) is 343 Å². The predicted molar refractivity (Wildman–Crippen MR) is 483 cm³/mol. The Labute approximate surface area is 701 Å². The Kier molecular flexibility index (Phi) is 32.2. The van der Waals surface area contributed by atoms with Crippen LogP contribution in [0.5, 0.6) is 23.0 Å². The molecular weight excluding hydrogens is 1520 g/mol. The van der Waals surface area contributed by atoms with Crippen LogP contribution in [0.3, 0.4) is 0 Å². The first-order valence-electron chi connectivity index (χ1n) is 45.6. The maximum atomic E-state index is 6.82. The third-order valence-corrected chi connectivity index (χ3v) is 27.7. The van der Waals surface area contributed by atoms with Gasteiger partial charge in [0.05, 0.1) is 58.3 Å². The molecule has 2 heterocycles. The van der Waals surface area contributed by atoms with E-state index in [4.69, 9.17) is 37.6 Å². The summed E-state index contributed by atoms with van der Waals surface area (Å²) < 4.78 is 54.1. The monoisotopic (exact) mass is 1660 g/mol. The summed E-state index contributed by atoms with van der Waals surface area (Å²) in [6.07, 6.45) is 41.8. The highest BCUT2D eigenvalue weighted by atomic mass is 79.9. The van der Waals surface area contributed by atoms with E-state index in [-0.39, 0.29) is 10.8 Å². The van der Waals surface area contributed by atoms with Gasteiger partial charge in [-0.25, -0.2) is 0 Å². The Morgan fingerprint density at radius 2 is 0.549 bits per heavy atom. The topological polar surface area (TPSA) is 73.8 Å². The van der Waals surface area contributed by atoms with Crippen molar-refractivity contribution in [1.29, 1.82) is 0 Å². The molecule has 113 heavy (non-hydrogen) atoms. The highest BCUT2D eigenvalue weighted by molar-refractivity contribution is 9.10. The second kappa shape index (κ2) is 41.9. The first-order valence-corrected chi connectivity index (χ1v) is 47.2. The molecule has 2 saturated heterocycles. The van der Waals surface area contributed by atoms with Gasteiger partial charge in [0, 0.05) is 19.8 Å². The van der Waals surface area contributed by atoms with E-state index in [0.717, 1.165) is 93.0 Å². The zero-order chi connectivity index (χ0) is 79.5. The molecule has 4 aliphatic carbocycles. The average Bonchev–Trinajstić information content (AvgIpc) is 1.50. The summed E-state index contributed by atoms with van der Waals surface area (Å²) >= 11 is 7.96. The SMILES string of the molecule is CCC(C)COc1cc2c(cc1OCC(C)CC)C1(c3cc(B4OCCO4)ccc3-c3ccc(B4OCCO4)cc31)c1cc(OCC(C)CC)c(OCC(C)CC)cc1-2.CCCCCCCCC1(CCCCCCCC)c2cc(Br)ccc2-c2cc3c(cc21)-c1ccc(Br)cc1C3(CCCCCCCC)CCCCCCCC. The van der Waals surface area contributed by atoms with Crippen LogP contribution in [0.4, 0.5) is 0 Å². The molecule has 2 aliphatic heterocycles. The Bertz CT molecular complexity index is 3910. The van der Waals surface area contributed by atoms with Crippen LogP contribution in [0.2, 0.25) is 0 Å². The molecule has 0 amide bonds. The zero-order valence-electron chi connectivity index (χ0n) is 71.7. The average molecular weight is 1660 g/mol. The summed E-state index contributed by atoms with van der Waals surface area (Å²) in [5, 5.41) is 0. The maximum Gasteiger partial charge on any atom is 0.494 e. The van der Waals surface area contributed by atoms with Crippen molar-refractivity contribution in [2.24, 2.45) is 23.7 Å². The van der Waals surface area contributed by atoms with E-state index in [2.05, 4.69) is 224 Å². The Hall–Kier alpha value is -5.33. The number of benzene rings is 7. The summed E-state index contributed by atoms with van der Waals surface area (Å²) in [5.74, 6) is 4.57. The van der Waals surface area contributed by atoms with Gasteiger partial charge in [-0.05, 0) is 210 Å². The van der Waals surface area contributed by atoms with Gasteiger partial charge >= 0.3 is 14.2 Å². The second-order valence-electron chi connectivity index (χ2n) is 35.1. The second-order valence-corrected chi connectivity index (χ2v) is 36.9. The van der Waals surface area contributed by atoms with E-state index in [0.29, 0.717) is 76.5 Å². The van der Waals surface area contributed by atoms with Crippen LogP contribution in [0, 0.1) is 23.7 Å². The minimum atomic E-state index is -0.772. The van der Waals surface area contributed by atoms with Crippen molar-refractivity contribution >= 4 is 57.0 Å². The van der Waals surface area contributed by atoms with Crippen molar-refractivity contribution in [2.75, 3.05) is 52.9 Å². The van der Waals surface area contributed by atoms with E-state index in [1.807, 2.05) is 0 Å². The molecule has 7 aromatic carbocycles. The Morgan fingerprint density at radius 1 is 0.292 bits per heavy atom. The van der Waals surface area contributed by atoms with E-state index in [1.54, 1.807) is 33.4 Å². The third kappa shape index (κ3) is 19.5. The van der Waals surface area contributed by atoms with E-state index < -0.39 is 19.7 Å². The van der Waals surface area contributed by atoms with Crippen LogP contribution in [-0.2, 0) is 34.9 Å². The molecule has 610 valence electrons. The van der Waals surface area contributed by atoms with E-state index in [9.17, 15) is 0 Å². The number of unbranched alkanes of at least 4 members (excludes halogenated alkanes) is 20. The number of rotatable bonds is 46. The van der Waals surface area contributed by atoms with Crippen molar-refractivity contribution in [3.8, 4) is 67.5 Å². The van der Waals surface area contributed by atoms with Gasteiger partial charge in [-0.2, -0.15) is 0 Å². The van der Waals surface area contributed by atoms with Crippen LogP contribution >= 0.6 is 31.9 Å². The molecule has 2 fully saturated rings. The molecule has 7 aromatic rings. The van der Waals surface area contributed by atoms with E-state index in [1.165, 1.54) is 211 Å².